The molecule has 3 heteroatoms. The second kappa shape index (κ2) is 7.49. The van der Waals surface area contributed by atoms with E-state index in [4.69, 9.17) is 5.73 Å². The van der Waals surface area contributed by atoms with Gasteiger partial charge in [0.2, 0.25) is 0 Å². The van der Waals surface area contributed by atoms with Crippen molar-refractivity contribution >= 4 is 0 Å². The fourth-order valence-electron chi connectivity index (χ4n) is 2.38. The highest BCUT2D eigenvalue weighted by molar-refractivity contribution is 5.17. The molecule has 0 fully saturated rings. The van der Waals surface area contributed by atoms with Crippen LogP contribution in [0.15, 0.2) is 24.5 Å². The average Bonchev–Trinajstić information content (AvgIpc) is 2.38. The maximum Gasteiger partial charge on any atom is 0.0497 e. The molecule has 3 atom stereocenters. The quantitative estimate of drug-likeness (QED) is 0.808. The Balaban J connectivity index is 2.89. The Hall–Kier alpha value is -0.930. The van der Waals surface area contributed by atoms with E-state index in [2.05, 4.69) is 49.7 Å². The highest BCUT2D eigenvalue weighted by Crippen LogP contribution is 2.24. The second-order valence-electron chi connectivity index (χ2n) is 5.19. The van der Waals surface area contributed by atoms with E-state index in [-0.39, 0.29) is 12.1 Å². The van der Waals surface area contributed by atoms with Gasteiger partial charge in [-0.2, -0.15) is 0 Å². The third kappa shape index (κ3) is 4.07. The van der Waals surface area contributed by atoms with Crippen LogP contribution in [-0.2, 0) is 0 Å². The van der Waals surface area contributed by atoms with Crippen LogP contribution >= 0.6 is 0 Å². The fraction of sp³-hybridized carbons (Fsp3) is 0.667. The van der Waals surface area contributed by atoms with Crippen molar-refractivity contribution < 1.29 is 0 Å². The van der Waals surface area contributed by atoms with Gasteiger partial charge in [-0.25, -0.2) is 0 Å². The van der Waals surface area contributed by atoms with E-state index in [0.29, 0.717) is 5.92 Å². The molecule has 1 rings (SSSR count). The standard InChI is InChI=1S/C15H27N3/c1-5-12(3)11-18(6-2)15(13(4)16)14-7-9-17-10-8-14/h7-10,12-13,15H,5-6,11,16H2,1-4H3. The van der Waals surface area contributed by atoms with Crippen LogP contribution in [0.3, 0.4) is 0 Å². The largest absolute Gasteiger partial charge is 0.326 e. The molecule has 1 aromatic heterocycles. The molecule has 18 heavy (non-hydrogen) atoms. The predicted molar refractivity (Wildman–Crippen MR) is 77.3 cm³/mol. The molecular weight excluding hydrogens is 222 g/mol. The van der Waals surface area contributed by atoms with E-state index in [9.17, 15) is 0 Å². The number of pyridine rings is 1. The van der Waals surface area contributed by atoms with E-state index in [0.717, 1.165) is 13.1 Å². The fourth-order valence-corrected chi connectivity index (χ4v) is 2.38. The number of likely N-dealkylation sites (N-methyl/N-ethyl adjacent to an activating group) is 1. The Kier molecular flexibility index (Phi) is 6.30. The van der Waals surface area contributed by atoms with Crippen LogP contribution in [0.25, 0.3) is 0 Å². The molecule has 0 saturated carbocycles. The van der Waals surface area contributed by atoms with Crippen molar-refractivity contribution in [2.45, 2.75) is 46.2 Å². The van der Waals surface area contributed by atoms with Gasteiger partial charge in [-0.1, -0.05) is 27.2 Å². The molecule has 0 saturated heterocycles. The van der Waals surface area contributed by atoms with Crippen molar-refractivity contribution in [3.63, 3.8) is 0 Å². The summed E-state index contributed by atoms with van der Waals surface area (Å²) in [7, 11) is 0. The van der Waals surface area contributed by atoms with Crippen molar-refractivity contribution in [1.29, 1.82) is 0 Å². The Bertz CT molecular complexity index is 324. The van der Waals surface area contributed by atoms with Gasteiger partial charge in [-0.15, -0.1) is 0 Å². The lowest BCUT2D eigenvalue weighted by Crippen LogP contribution is -2.41. The molecule has 1 heterocycles. The first-order valence-electron chi connectivity index (χ1n) is 6.99. The third-order valence-corrected chi connectivity index (χ3v) is 3.59. The van der Waals surface area contributed by atoms with Crippen LogP contribution in [0.1, 0.15) is 45.7 Å². The number of rotatable bonds is 7. The lowest BCUT2D eigenvalue weighted by Gasteiger charge is -2.35. The lowest BCUT2D eigenvalue weighted by molar-refractivity contribution is 0.160. The molecule has 0 amide bonds. The minimum atomic E-state index is 0.122. The molecule has 0 bridgehead atoms. The Morgan fingerprint density at radius 1 is 1.22 bits per heavy atom. The van der Waals surface area contributed by atoms with Gasteiger partial charge in [0.05, 0.1) is 0 Å². The maximum atomic E-state index is 6.20. The maximum absolute atomic E-state index is 6.20. The molecule has 0 aliphatic rings. The van der Waals surface area contributed by atoms with Gasteiger partial charge in [0.25, 0.3) is 0 Å². The summed E-state index contributed by atoms with van der Waals surface area (Å²) in [5, 5.41) is 0. The summed E-state index contributed by atoms with van der Waals surface area (Å²) in [5.74, 6) is 0.702. The van der Waals surface area contributed by atoms with Crippen LogP contribution < -0.4 is 5.73 Å². The molecule has 3 nitrogen and oxygen atoms in total. The number of nitrogens with zero attached hydrogens (tertiary/aromatic N) is 2. The molecule has 0 aliphatic heterocycles. The first-order chi connectivity index (χ1) is 8.60. The van der Waals surface area contributed by atoms with Crippen LogP contribution in [0.2, 0.25) is 0 Å². The molecule has 3 unspecified atom stereocenters. The summed E-state index contributed by atoms with van der Waals surface area (Å²) in [6, 6.07) is 4.56. The highest BCUT2D eigenvalue weighted by Gasteiger charge is 2.23. The summed E-state index contributed by atoms with van der Waals surface area (Å²) >= 11 is 0. The molecular formula is C15H27N3. The van der Waals surface area contributed by atoms with Crippen molar-refractivity contribution in [3.05, 3.63) is 30.1 Å². The predicted octanol–water partition coefficient (Wildman–Crippen LogP) is 2.84. The molecule has 1 aromatic rings. The van der Waals surface area contributed by atoms with E-state index in [1.54, 1.807) is 0 Å². The summed E-state index contributed by atoms with van der Waals surface area (Å²) in [6.07, 6.45) is 4.90. The minimum absolute atomic E-state index is 0.122. The van der Waals surface area contributed by atoms with Gasteiger partial charge >= 0.3 is 0 Å². The van der Waals surface area contributed by atoms with Gasteiger partial charge in [-0.05, 0) is 37.1 Å². The number of nitrogens with two attached hydrogens (primary N) is 1. The van der Waals surface area contributed by atoms with E-state index in [1.165, 1.54) is 12.0 Å². The van der Waals surface area contributed by atoms with Crippen molar-refractivity contribution in [2.75, 3.05) is 13.1 Å². The first kappa shape index (κ1) is 15.1. The topological polar surface area (TPSA) is 42.2 Å². The normalized spacial score (nSPS) is 16.6. The van der Waals surface area contributed by atoms with Crippen LogP contribution in [-0.4, -0.2) is 29.0 Å². The average molecular weight is 249 g/mol. The zero-order chi connectivity index (χ0) is 13.5. The minimum Gasteiger partial charge on any atom is -0.326 e. The smallest absolute Gasteiger partial charge is 0.0497 e. The zero-order valence-corrected chi connectivity index (χ0v) is 12.1. The molecule has 0 aliphatic carbocycles. The zero-order valence-electron chi connectivity index (χ0n) is 12.1. The molecule has 0 radical (unpaired) electrons. The van der Waals surface area contributed by atoms with Crippen LogP contribution in [0.5, 0.6) is 0 Å². The van der Waals surface area contributed by atoms with E-state index < -0.39 is 0 Å². The van der Waals surface area contributed by atoms with Crippen molar-refractivity contribution in [1.82, 2.24) is 9.88 Å². The Labute approximate surface area is 111 Å². The second-order valence-corrected chi connectivity index (χ2v) is 5.19. The van der Waals surface area contributed by atoms with Crippen LogP contribution in [0, 0.1) is 5.92 Å². The number of hydrogen-bond donors (Lipinski definition) is 1. The Morgan fingerprint density at radius 2 is 1.83 bits per heavy atom. The molecule has 2 N–H and O–H groups in total. The van der Waals surface area contributed by atoms with Gasteiger partial charge in [0.15, 0.2) is 0 Å². The molecule has 102 valence electrons. The number of aromatic nitrogens is 1. The SMILES string of the molecule is CCC(C)CN(CC)C(c1ccncc1)C(C)N. The summed E-state index contributed by atoms with van der Waals surface area (Å²) in [6.45, 7) is 11.0. The third-order valence-electron chi connectivity index (χ3n) is 3.59. The monoisotopic (exact) mass is 249 g/mol. The van der Waals surface area contributed by atoms with E-state index >= 15 is 0 Å². The molecule has 0 spiro atoms. The summed E-state index contributed by atoms with van der Waals surface area (Å²) < 4.78 is 0. The van der Waals surface area contributed by atoms with Gasteiger partial charge in [0, 0.05) is 31.0 Å². The van der Waals surface area contributed by atoms with Crippen molar-refractivity contribution in [3.8, 4) is 0 Å². The number of hydrogen-bond acceptors (Lipinski definition) is 3. The Morgan fingerprint density at radius 3 is 2.28 bits per heavy atom. The molecule has 0 aromatic carbocycles. The first-order valence-corrected chi connectivity index (χ1v) is 6.99. The van der Waals surface area contributed by atoms with Gasteiger partial charge in [0.1, 0.15) is 0 Å². The summed E-state index contributed by atoms with van der Waals surface area (Å²) in [4.78, 5) is 6.57. The lowest BCUT2D eigenvalue weighted by atomic mass is 9.98. The van der Waals surface area contributed by atoms with Crippen LogP contribution in [0.4, 0.5) is 0 Å². The van der Waals surface area contributed by atoms with Crippen molar-refractivity contribution in [2.24, 2.45) is 11.7 Å². The summed E-state index contributed by atoms with van der Waals surface area (Å²) in [5.41, 5.74) is 7.47. The highest BCUT2D eigenvalue weighted by atomic mass is 15.2. The van der Waals surface area contributed by atoms with Gasteiger partial charge < -0.3 is 5.73 Å². The van der Waals surface area contributed by atoms with E-state index in [1.807, 2.05) is 12.4 Å². The van der Waals surface area contributed by atoms with Gasteiger partial charge in [-0.3, -0.25) is 9.88 Å².